The standard InChI is InChI=1S/C12H14N2S/c13-14-11(12-7-4-8-15-12)9-10-5-2-1-3-6-10/h1-8,11,14H,9,13H2. The molecule has 0 aliphatic rings. The Morgan fingerprint density at radius 1 is 1.13 bits per heavy atom. The van der Waals surface area contributed by atoms with Gasteiger partial charge < -0.3 is 0 Å². The molecule has 78 valence electrons. The van der Waals surface area contributed by atoms with Gasteiger partial charge in [-0.25, -0.2) is 0 Å². The van der Waals surface area contributed by atoms with Crippen LogP contribution in [-0.2, 0) is 6.42 Å². The van der Waals surface area contributed by atoms with Crippen LogP contribution in [0.25, 0.3) is 0 Å². The maximum Gasteiger partial charge on any atom is 0.0593 e. The highest BCUT2D eigenvalue weighted by molar-refractivity contribution is 7.10. The van der Waals surface area contributed by atoms with Crippen molar-refractivity contribution in [1.29, 1.82) is 0 Å². The summed E-state index contributed by atoms with van der Waals surface area (Å²) in [4.78, 5) is 1.28. The van der Waals surface area contributed by atoms with E-state index in [0.717, 1.165) is 6.42 Å². The van der Waals surface area contributed by atoms with Crippen molar-refractivity contribution in [2.75, 3.05) is 0 Å². The highest BCUT2D eigenvalue weighted by Crippen LogP contribution is 2.21. The summed E-state index contributed by atoms with van der Waals surface area (Å²) in [6.07, 6.45) is 0.928. The van der Waals surface area contributed by atoms with E-state index in [0.29, 0.717) is 0 Å². The van der Waals surface area contributed by atoms with Gasteiger partial charge in [-0.15, -0.1) is 11.3 Å². The molecule has 1 heterocycles. The van der Waals surface area contributed by atoms with Crippen molar-refractivity contribution in [2.24, 2.45) is 5.84 Å². The molecule has 15 heavy (non-hydrogen) atoms. The summed E-state index contributed by atoms with van der Waals surface area (Å²) >= 11 is 1.73. The van der Waals surface area contributed by atoms with Gasteiger partial charge >= 0.3 is 0 Å². The first-order chi connectivity index (χ1) is 7.40. The molecule has 0 bridgehead atoms. The quantitative estimate of drug-likeness (QED) is 0.611. The van der Waals surface area contributed by atoms with E-state index in [9.17, 15) is 0 Å². The molecule has 0 fully saturated rings. The molecule has 1 aromatic heterocycles. The lowest BCUT2D eigenvalue weighted by molar-refractivity contribution is 0.560. The van der Waals surface area contributed by atoms with E-state index in [1.165, 1.54) is 10.4 Å². The Hall–Kier alpha value is -1.16. The molecule has 2 nitrogen and oxygen atoms in total. The third-order valence-corrected chi connectivity index (χ3v) is 3.36. The molecule has 0 spiro atoms. The monoisotopic (exact) mass is 218 g/mol. The highest BCUT2D eigenvalue weighted by Gasteiger charge is 2.10. The molecule has 2 rings (SSSR count). The van der Waals surface area contributed by atoms with Crippen molar-refractivity contribution in [3.05, 3.63) is 58.3 Å². The van der Waals surface area contributed by atoms with Crippen LogP contribution < -0.4 is 11.3 Å². The first-order valence-electron chi connectivity index (χ1n) is 4.93. The Morgan fingerprint density at radius 3 is 2.53 bits per heavy atom. The Kier molecular flexibility index (Phi) is 3.50. The van der Waals surface area contributed by atoms with Crippen LogP contribution in [0.15, 0.2) is 47.8 Å². The van der Waals surface area contributed by atoms with Crippen molar-refractivity contribution < 1.29 is 0 Å². The van der Waals surface area contributed by atoms with Crippen LogP contribution in [0, 0.1) is 0 Å². The molecule has 0 saturated carbocycles. The summed E-state index contributed by atoms with van der Waals surface area (Å²) in [5.74, 6) is 5.57. The van der Waals surface area contributed by atoms with Gasteiger partial charge in [-0.2, -0.15) is 0 Å². The SMILES string of the molecule is NNC(Cc1ccccc1)c1cccs1. The lowest BCUT2D eigenvalue weighted by atomic mass is 10.1. The van der Waals surface area contributed by atoms with E-state index in [-0.39, 0.29) is 6.04 Å². The maximum atomic E-state index is 5.57. The first kappa shape index (κ1) is 10.4. The fourth-order valence-corrected chi connectivity index (χ4v) is 2.37. The van der Waals surface area contributed by atoms with Crippen molar-refractivity contribution in [3.8, 4) is 0 Å². The number of rotatable bonds is 4. The zero-order valence-corrected chi connectivity index (χ0v) is 9.21. The third-order valence-electron chi connectivity index (χ3n) is 2.37. The van der Waals surface area contributed by atoms with E-state index in [2.05, 4.69) is 47.2 Å². The van der Waals surface area contributed by atoms with Gasteiger partial charge in [-0.1, -0.05) is 36.4 Å². The van der Waals surface area contributed by atoms with E-state index in [4.69, 9.17) is 5.84 Å². The Labute approximate surface area is 93.7 Å². The zero-order valence-electron chi connectivity index (χ0n) is 8.39. The second kappa shape index (κ2) is 5.07. The molecule has 3 N–H and O–H groups in total. The molecule has 0 saturated heterocycles. The average molecular weight is 218 g/mol. The van der Waals surface area contributed by atoms with E-state index >= 15 is 0 Å². The summed E-state index contributed by atoms with van der Waals surface area (Å²) in [6.45, 7) is 0. The maximum absolute atomic E-state index is 5.57. The molecule has 1 aromatic carbocycles. The summed E-state index contributed by atoms with van der Waals surface area (Å²) in [7, 11) is 0. The van der Waals surface area contributed by atoms with Crippen molar-refractivity contribution in [2.45, 2.75) is 12.5 Å². The van der Waals surface area contributed by atoms with Crippen LogP contribution in [0.5, 0.6) is 0 Å². The van der Waals surface area contributed by atoms with Crippen molar-refractivity contribution >= 4 is 11.3 Å². The summed E-state index contributed by atoms with van der Waals surface area (Å²) in [5, 5.41) is 2.07. The van der Waals surface area contributed by atoms with Gasteiger partial charge in [0.2, 0.25) is 0 Å². The first-order valence-corrected chi connectivity index (χ1v) is 5.81. The number of nitrogens with two attached hydrogens (primary N) is 1. The van der Waals surface area contributed by atoms with Gasteiger partial charge in [0.05, 0.1) is 6.04 Å². The van der Waals surface area contributed by atoms with Crippen LogP contribution in [0.2, 0.25) is 0 Å². The predicted octanol–water partition coefficient (Wildman–Crippen LogP) is 2.50. The van der Waals surface area contributed by atoms with Gasteiger partial charge in [0.25, 0.3) is 0 Å². The smallest absolute Gasteiger partial charge is 0.0593 e. The van der Waals surface area contributed by atoms with E-state index < -0.39 is 0 Å². The molecular weight excluding hydrogens is 204 g/mol. The average Bonchev–Trinajstić information content (AvgIpc) is 2.81. The normalized spacial score (nSPS) is 12.6. The number of thiophene rings is 1. The molecule has 1 unspecified atom stereocenters. The van der Waals surface area contributed by atoms with Crippen LogP contribution in [0.4, 0.5) is 0 Å². The Balaban J connectivity index is 2.10. The second-order valence-electron chi connectivity index (χ2n) is 3.42. The fourth-order valence-electron chi connectivity index (χ4n) is 1.58. The minimum Gasteiger partial charge on any atom is -0.271 e. The number of hydrogen-bond acceptors (Lipinski definition) is 3. The third kappa shape index (κ3) is 2.65. The van der Waals surface area contributed by atoms with Crippen molar-refractivity contribution in [3.63, 3.8) is 0 Å². The van der Waals surface area contributed by atoms with Gasteiger partial charge in [0.1, 0.15) is 0 Å². The second-order valence-corrected chi connectivity index (χ2v) is 4.40. The van der Waals surface area contributed by atoms with Gasteiger partial charge in [0, 0.05) is 4.88 Å². The molecule has 0 radical (unpaired) electrons. The van der Waals surface area contributed by atoms with Crippen LogP contribution in [0.1, 0.15) is 16.5 Å². The van der Waals surface area contributed by atoms with Crippen LogP contribution >= 0.6 is 11.3 Å². The van der Waals surface area contributed by atoms with Gasteiger partial charge in [-0.3, -0.25) is 11.3 Å². The minimum absolute atomic E-state index is 0.215. The minimum atomic E-state index is 0.215. The van der Waals surface area contributed by atoms with E-state index in [1.54, 1.807) is 11.3 Å². The van der Waals surface area contributed by atoms with Crippen molar-refractivity contribution in [1.82, 2.24) is 5.43 Å². The number of benzene rings is 1. The molecule has 0 aliphatic carbocycles. The Morgan fingerprint density at radius 2 is 1.93 bits per heavy atom. The topological polar surface area (TPSA) is 38.0 Å². The van der Waals surface area contributed by atoms with Crippen LogP contribution in [-0.4, -0.2) is 0 Å². The van der Waals surface area contributed by atoms with Gasteiger partial charge in [-0.05, 0) is 23.4 Å². The lowest BCUT2D eigenvalue weighted by Crippen LogP contribution is -2.28. The molecule has 0 aliphatic heterocycles. The molecule has 2 aromatic rings. The van der Waals surface area contributed by atoms with E-state index in [1.807, 2.05) is 6.07 Å². The number of nitrogens with one attached hydrogen (secondary N) is 1. The largest absolute Gasteiger partial charge is 0.271 e. The summed E-state index contributed by atoms with van der Waals surface area (Å²) < 4.78 is 0. The molecule has 0 amide bonds. The zero-order chi connectivity index (χ0) is 10.5. The summed E-state index contributed by atoms with van der Waals surface area (Å²) in [6, 6.07) is 14.8. The Bertz CT molecular complexity index is 383. The highest BCUT2D eigenvalue weighted by atomic mass is 32.1. The number of hydrogen-bond donors (Lipinski definition) is 2. The lowest BCUT2D eigenvalue weighted by Gasteiger charge is -2.13. The molecule has 3 heteroatoms. The molecular formula is C12H14N2S. The van der Waals surface area contributed by atoms with Gasteiger partial charge in [0.15, 0.2) is 0 Å². The fraction of sp³-hybridized carbons (Fsp3) is 0.167. The number of hydrazine groups is 1. The predicted molar refractivity (Wildman–Crippen MR) is 64.5 cm³/mol. The van der Waals surface area contributed by atoms with Crippen LogP contribution in [0.3, 0.4) is 0 Å². The summed E-state index contributed by atoms with van der Waals surface area (Å²) in [5.41, 5.74) is 4.16. The molecule has 1 atom stereocenters.